The Morgan fingerprint density at radius 3 is 2.94 bits per heavy atom. The summed E-state index contributed by atoms with van der Waals surface area (Å²) in [5.74, 6) is 0.761. The van der Waals surface area contributed by atoms with Crippen LogP contribution in [0.2, 0.25) is 0 Å². The third kappa shape index (κ3) is 4.05. The fourth-order valence-corrected chi connectivity index (χ4v) is 4.30. The molecule has 11 nitrogen and oxygen atoms in total. The number of carbonyl (C=O) groups excluding carboxylic acids is 1. The highest BCUT2D eigenvalue weighted by molar-refractivity contribution is 5.99. The first-order valence-electron chi connectivity index (χ1n) is 11.2. The van der Waals surface area contributed by atoms with Crippen LogP contribution < -0.4 is 26.0 Å². The summed E-state index contributed by atoms with van der Waals surface area (Å²) in [5.41, 5.74) is 0.979. The molecule has 0 bridgehead atoms. The molecule has 4 heterocycles. The zero-order chi connectivity index (χ0) is 22.9. The van der Waals surface area contributed by atoms with Gasteiger partial charge in [0.25, 0.3) is 11.5 Å². The third-order valence-corrected chi connectivity index (χ3v) is 6.35. The van der Waals surface area contributed by atoms with Gasteiger partial charge in [-0.1, -0.05) is 4.98 Å². The van der Waals surface area contributed by atoms with Gasteiger partial charge in [-0.2, -0.15) is 0 Å². The minimum absolute atomic E-state index is 0.00805. The molecule has 3 aromatic heterocycles. The van der Waals surface area contributed by atoms with Crippen molar-refractivity contribution in [3.05, 3.63) is 46.5 Å². The molecule has 2 fully saturated rings. The van der Waals surface area contributed by atoms with Crippen molar-refractivity contribution >= 4 is 28.9 Å². The number of aromatic nitrogens is 4. The number of pyridine rings is 1. The predicted molar refractivity (Wildman–Crippen MR) is 121 cm³/mol. The van der Waals surface area contributed by atoms with Gasteiger partial charge >= 0.3 is 5.65 Å². The third-order valence-electron chi connectivity index (χ3n) is 6.35. The van der Waals surface area contributed by atoms with Crippen molar-refractivity contribution < 1.29 is 19.2 Å². The lowest BCUT2D eigenvalue weighted by molar-refractivity contribution is -0.563. The molecule has 3 aromatic rings. The Morgan fingerprint density at radius 1 is 1.36 bits per heavy atom. The number of fused-ring (bicyclic) bond motifs is 1. The Kier molecular flexibility index (Phi) is 5.73. The first-order valence-corrected chi connectivity index (χ1v) is 11.2. The summed E-state index contributed by atoms with van der Waals surface area (Å²) in [5, 5.41) is 21.9. The summed E-state index contributed by atoms with van der Waals surface area (Å²) in [7, 11) is 1.76. The summed E-state index contributed by atoms with van der Waals surface area (Å²) in [4.78, 5) is 30.5. The Morgan fingerprint density at radius 2 is 2.24 bits per heavy atom. The number of anilines is 3. The van der Waals surface area contributed by atoms with Gasteiger partial charge in [-0.15, -0.1) is 4.52 Å². The monoisotopic (exact) mass is 454 g/mol. The van der Waals surface area contributed by atoms with E-state index in [9.17, 15) is 14.7 Å². The maximum atomic E-state index is 13.1. The minimum atomic E-state index is -0.514. The molecule has 2 aliphatic rings. The van der Waals surface area contributed by atoms with E-state index in [1.165, 1.54) is 0 Å². The quantitative estimate of drug-likeness (QED) is 0.346. The zero-order valence-electron chi connectivity index (χ0n) is 18.4. The molecule has 1 aliphatic carbocycles. The maximum Gasteiger partial charge on any atom is 0.301 e. The molecule has 0 radical (unpaired) electrons. The number of H-pyrrole nitrogens is 1. The minimum Gasteiger partial charge on any atom is -0.391 e. The van der Waals surface area contributed by atoms with Crippen LogP contribution in [0.4, 0.5) is 17.3 Å². The number of aromatic amines is 1. The number of aliphatic hydroxyl groups excluding tert-OH is 1. The maximum absolute atomic E-state index is 13.1. The van der Waals surface area contributed by atoms with Crippen LogP contribution in [-0.4, -0.2) is 58.1 Å². The summed E-state index contributed by atoms with van der Waals surface area (Å²) in [6.07, 6.45) is 6.09. The molecule has 5 N–H and O–H groups in total. The van der Waals surface area contributed by atoms with E-state index >= 15 is 0 Å². The van der Waals surface area contributed by atoms with Crippen LogP contribution in [0.15, 0.2) is 35.4 Å². The Balaban J connectivity index is 1.46. The molecule has 1 saturated heterocycles. The molecule has 1 amide bonds. The van der Waals surface area contributed by atoms with Crippen LogP contribution in [0.1, 0.15) is 42.1 Å². The van der Waals surface area contributed by atoms with Gasteiger partial charge in [0.2, 0.25) is 11.6 Å². The Hall–Kier alpha value is -3.44. The van der Waals surface area contributed by atoms with Crippen molar-refractivity contribution in [2.24, 2.45) is 0 Å². The van der Waals surface area contributed by atoms with Crippen LogP contribution in [0.5, 0.6) is 0 Å². The molecule has 33 heavy (non-hydrogen) atoms. The Bertz CT molecular complexity index is 1230. The molecular formula is C22H28N7O4+. The number of nitrogens with one attached hydrogen (secondary N) is 4. The second-order valence-electron chi connectivity index (χ2n) is 8.48. The molecule has 5 rings (SSSR count). The van der Waals surface area contributed by atoms with Crippen LogP contribution >= 0.6 is 0 Å². The molecular weight excluding hydrogens is 426 g/mol. The number of hydrogen-bond acceptors (Lipinski definition) is 7. The highest BCUT2D eigenvalue weighted by atomic mass is 16.5. The van der Waals surface area contributed by atoms with E-state index in [0.29, 0.717) is 41.6 Å². The van der Waals surface area contributed by atoms with Crippen molar-refractivity contribution in [2.75, 3.05) is 30.9 Å². The van der Waals surface area contributed by atoms with Crippen molar-refractivity contribution in [3.8, 4) is 0 Å². The van der Waals surface area contributed by atoms with E-state index < -0.39 is 6.10 Å². The van der Waals surface area contributed by atoms with Gasteiger partial charge in [0.1, 0.15) is 11.3 Å². The van der Waals surface area contributed by atoms with Crippen LogP contribution in [0, 0.1) is 0 Å². The standard InChI is InChI=1S/C22H27N7O4/c1-23-19-10-18(25-16-5-2-8-28(22(16)32)13-4-3-9-33-12-13)27-20-14(11-24-29(19)20)21(31)26-15-6-7-17(15)30/h2,5,8,10-11,13,15,17,30H,3-4,6-7,9,12H2,1H3,(H3,23,24,25,26,27,31)/p+1/t13-,15-,17+/m0/s1. The van der Waals surface area contributed by atoms with Crippen molar-refractivity contribution in [1.29, 1.82) is 0 Å². The van der Waals surface area contributed by atoms with E-state index in [2.05, 4.69) is 26.0 Å². The molecule has 174 valence electrons. The Labute approximate surface area is 189 Å². The number of hydrogen-bond donors (Lipinski definition) is 5. The molecule has 3 atom stereocenters. The van der Waals surface area contributed by atoms with Gasteiger partial charge in [0, 0.05) is 19.9 Å². The molecule has 0 spiro atoms. The topological polar surface area (TPSA) is 137 Å². The predicted octanol–water partition coefficient (Wildman–Crippen LogP) is 0.700. The molecule has 0 aromatic carbocycles. The molecule has 11 heteroatoms. The number of ether oxygens (including phenoxy) is 1. The first kappa shape index (κ1) is 21.4. The van der Waals surface area contributed by atoms with Crippen LogP contribution in [0.25, 0.3) is 5.65 Å². The average molecular weight is 455 g/mol. The normalized spacial score (nSPS) is 22.5. The SMILES string of the molecule is CNc1cc(Nc2cccn([C@H]3CCCOC3)c2=O)nc2c(C(=O)N[C@H]3CC[C@H]3O)c[nH][n+]12. The smallest absolute Gasteiger partial charge is 0.301 e. The first-order chi connectivity index (χ1) is 16.0. The molecule has 0 unspecified atom stereocenters. The summed E-state index contributed by atoms with van der Waals surface area (Å²) in [6, 6.07) is 5.05. The van der Waals surface area contributed by atoms with Crippen molar-refractivity contribution in [1.82, 2.24) is 20.0 Å². The van der Waals surface area contributed by atoms with Gasteiger partial charge in [-0.25, -0.2) is 0 Å². The number of carbonyl (C=O) groups is 1. The van der Waals surface area contributed by atoms with E-state index in [-0.39, 0.29) is 23.6 Å². The average Bonchev–Trinajstić information content (AvgIpc) is 3.27. The largest absolute Gasteiger partial charge is 0.391 e. The van der Waals surface area contributed by atoms with Crippen LogP contribution in [-0.2, 0) is 4.74 Å². The van der Waals surface area contributed by atoms with E-state index in [1.54, 1.807) is 40.7 Å². The van der Waals surface area contributed by atoms with Gasteiger partial charge in [0.05, 0.1) is 37.1 Å². The highest BCUT2D eigenvalue weighted by Crippen LogP contribution is 2.22. The van der Waals surface area contributed by atoms with Gasteiger partial charge in [0.15, 0.2) is 0 Å². The lowest BCUT2D eigenvalue weighted by Gasteiger charge is -2.32. The number of nitrogens with zero attached hydrogens (tertiary/aromatic N) is 3. The van der Waals surface area contributed by atoms with E-state index in [1.807, 2.05) is 6.07 Å². The number of aliphatic hydroxyl groups is 1. The van der Waals surface area contributed by atoms with Gasteiger partial charge in [-0.3, -0.25) is 14.7 Å². The van der Waals surface area contributed by atoms with Crippen molar-refractivity contribution in [3.63, 3.8) is 0 Å². The van der Waals surface area contributed by atoms with Gasteiger partial charge in [-0.05, 0) is 37.8 Å². The second-order valence-corrected chi connectivity index (χ2v) is 8.48. The van der Waals surface area contributed by atoms with Gasteiger partial charge < -0.3 is 30.4 Å². The molecule has 1 saturated carbocycles. The fourth-order valence-electron chi connectivity index (χ4n) is 4.30. The zero-order valence-corrected chi connectivity index (χ0v) is 18.4. The van der Waals surface area contributed by atoms with Crippen molar-refractivity contribution in [2.45, 2.75) is 43.9 Å². The van der Waals surface area contributed by atoms with Crippen LogP contribution in [0.3, 0.4) is 0 Å². The number of amides is 1. The molecule has 1 aliphatic heterocycles. The summed E-state index contributed by atoms with van der Waals surface area (Å²) in [6.45, 7) is 1.25. The summed E-state index contributed by atoms with van der Waals surface area (Å²) >= 11 is 0. The van der Waals surface area contributed by atoms with E-state index in [0.717, 1.165) is 25.9 Å². The second kappa shape index (κ2) is 8.83. The fraction of sp³-hybridized carbons (Fsp3) is 0.455. The lowest BCUT2D eigenvalue weighted by atomic mass is 9.89. The lowest BCUT2D eigenvalue weighted by Crippen LogP contribution is -2.50. The number of rotatable bonds is 6. The van der Waals surface area contributed by atoms with E-state index in [4.69, 9.17) is 4.74 Å². The summed E-state index contributed by atoms with van der Waals surface area (Å²) < 4.78 is 8.89. The highest BCUT2D eigenvalue weighted by Gasteiger charge is 2.32.